The summed E-state index contributed by atoms with van der Waals surface area (Å²) in [7, 11) is 1.32. The maximum Gasteiger partial charge on any atom is 0.341 e. The molecule has 0 radical (unpaired) electrons. The van der Waals surface area contributed by atoms with Crippen LogP contribution in [-0.2, 0) is 4.74 Å². The number of hydrogen-bond donors (Lipinski definition) is 1. The highest BCUT2D eigenvalue weighted by atomic mass is 16.5. The zero-order chi connectivity index (χ0) is 14.7. The van der Waals surface area contributed by atoms with Gasteiger partial charge in [0, 0.05) is 5.69 Å². The van der Waals surface area contributed by atoms with E-state index < -0.39 is 5.97 Å². The molecule has 0 aliphatic heterocycles. The van der Waals surface area contributed by atoms with Crippen molar-refractivity contribution in [3.8, 4) is 11.5 Å². The van der Waals surface area contributed by atoms with Crippen molar-refractivity contribution in [2.45, 2.75) is 13.8 Å². The lowest BCUT2D eigenvalue weighted by Crippen LogP contribution is -2.04. The number of nitrogens with two attached hydrogens (primary N) is 1. The molecule has 0 fully saturated rings. The van der Waals surface area contributed by atoms with E-state index in [1.807, 2.05) is 32.0 Å². The lowest BCUT2D eigenvalue weighted by Gasteiger charge is -2.11. The topological polar surface area (TPSA) is 61.5 Å². The van der Waals surface area contributed by atoms with Crippen LogP contribution in [0.5, 0.6) is 11.5 Å². The molecule has 2 aromatic rings. The molecule has 0 aliphatic carbocycles. The van der Waals surface area contributed by atoms with Crippen LogP contribution < -0.4 is 10.5 Å². The molecule has 0 spiro atoms. The lowest BCUT2D eigenvalue weighted by atomic mass is 10.1. The number of esters is 1. The quantitative estimate of drug-likeness (QED) is 0.686. The molecule has 0 atom stereocenters. The predicted octanol–water partition coefficient (Wildman–Crippen LogP) is 3.46. The van der Waals surface area contributed by atoms with E-state index in [9.17, 15) is 4.79 Å². The number of aryl methyl sites for hydroxylation is 2. The molecule has 0 saturated carbocycles. The third-order valence-electron chi connectivity index (χ3n) is 3.12. The van der Waals surface area contributed by atoms with Gasteiger partial charge in [-0.2, -0.15) is 0 Å². The lowest BCUT2D eigenvalue weighted by molar-refractivity contribution is 0.0598. The molecule has 0 heterocycles. The summed E-state index contributed by atoms with van der Waals surface area (Å²) in [5.41, 5.74) is 8.79. The molecule has 4 nitrogen and oxygen atoms in total. The van der Waals surface area contributed by atoms with Gasteiger partial charge in [-0.05, 0) is 55.3 Å². The highest BCUT2D eigenvalue weighted by Gasteiger charge is 2.14. The number of benzene rings is 2. The summed E-state index contributed by atoms with van der Waals surface area (Å²) in [6.07, 6.45) is 0. The summed E-state index contributed by atoms with van der Waals surface area (Å²) in [6.45, 7) is 4.04. The Balaban J connectivity index is 2.37. The Morgan fingerprint density at radius 2 is 1.80 bits per heavy atom. The summed E-state index contributed by atoms with van der Waals surface area (Å²) < 4.78 is 10.5. The highest BCUT2D eigenvalue weighted by molar-refractivity contribution is 5.93. The number of nitrogen functional groups attached to an aromatic ring is 1. The summed E-state index contributed by atoms with van der Waals surface area (Å²) in [4.78, 5) is 11.7. The van der Waals surface area contributed by atoms with Gasteiger partial charge in [0.1, 0.15) is 17.1 Å². The van der Waals surface area contributed by atoms with Gasteiger partial charge in [-0.3, -0.25) is 0 Å². The van der Waals surface area contributed by atoms with Gasteiger partial charge in [0.15, 0.2) is 0 Å². The fraction of sp³-hybridized carbons (Fsp3) is 0.188. The average Bonchev–Trinajstić information content (AvgIpc) is 2.44. The summed E-state index contributed by atoms with van der Waals surface area (Å²) >= 11 is 0. The van der Waals surface area contributed by atoms with Crippen LogP contribution in [0.3, 0.4) is 0 Å². The minimum atomic E-state index is -0.476. The smallest absolute Gasteiger partial charge is 0.341 e. The van der Waals surface area contributed by atoms with E-state index in [-0.39, 0.29) is 0 Å². The van der Waals surface area contributed by atoms with E-state index in [1.165, 1.54) is 12.7 Å². The standard InChI is InChI=1S/C16H17NO3/c1-10-4-6-13(8-11(10)2)20-15-7-5-12(17)9-14(15)16(18)19-3/h4-9H,17H2,1-3H3. The van der Waals surface area contributed by atoms with Crippen molar-refractivity contribution < 1.29 is 14.3 Å². The van der Waals surface area contributed by atoms with Gasteiger partial charge in [-0.25, -0.2) is 4.79 Å². The SMILES string of the molecule is COC(=O)c1cc(N)ccc1Oc1ccc(C)c(C)c1. The van der Waals surface area contributed by atoms with Gasteiger partial charge in [0.25, 0.3) is 0 Å². The molecule has 4 heteroatoms. The van der Waals surface area contributed by atoms with Crippen molar-refractivity contribution in [1.82, 2.24) is 0 Å². The predicted molar refractivity (Wildman–Crippen MR) is 78.2 cm³/mol. The number of anilines is 1. The first kappa shape index (κ1) is 13.9. The van der Waals surface area contributed by atoms with Crippen LogP contribution in [0, 0.1) is 13.8 Å². The van der Waals surface area contributed by atoms with Crippen molar-refractivity contribution in [2.24, 2.45) is 0 Å². The van der Waals surface area contributed by atoms with E-state index in [0.29, 0.717) is 22.7 Å². The summed E-state index contributed by atoms with van der Waals surface area (Å²) in [5.74, 6) is 0.619. The Morgan fingerprint density at radius 3 is 2.45 bits per heavy atom. The third kappa shape index (κ3) is 2.91. The fourth-order valence-electron chi connectivity index (χ4n) is 1.81. The Kier molecular flexibility index (Phi) is 3.94. The second-order valence-corrected chi connectivity index (χ2v) is 4.60. The molecule has 0 aliphatic rings. The molecule has 0 unspecified atom stereocenters. The van der Waals surface area contributed by atoms with Gasteiger partial charge in [-0.1, -0.05) is 6.07 Å². The number of rotatable bonds is 3. The Bertz CT molecular complexity index is 650. The van der Waals surface area contributed by atoms with Crippen LogP contribution in [-0.4, -0.2) is 13.1 Å². The zero-order valence-corrected chi connectivity index (χ0v) is 11.8. The molecular formula is C16H17NO3. The van der Waals surface area contributed by atoms with Gasteiger partial charge < -0.3 is 15.2 Å². The second kappa shape index (κ2) is 5.65. The first-order valence-electron chi connectivity index (χ1n) is 6.24. The minimum absolute atomic E-state index is 0.311. The highest BCUT2D eigenvalue weighted by Crippen LogP contribution is 2.28. The van der Waals surface area contributed by atoms with Crippen LogP contribution in [0.2, 0.25) is 0 Å². The van der Waals surface area contributed by atoms with Crippen LogP contribution >= 0.6 is 0 Å². The Morgan fingerprint density at radius 1 is 1.05 bits per heavy atom. The largest absolute Gasteiger partial charge is 0.465 e. The van der Waals surface area contributed by atoms with E-state index >= 15 is 0 Å². The second-order valence-electron chi connectivity index (χ2n) is 4.60. The minimum Gasteiger partial charge on any atom is -0.465 e. The van der Waals surface area contributed by atoms with Crippen LogP contribution in [0.25, 0.3) is 0 Å². The van der Waals surface area contributed by atoms with Crippen molar-refractivity contribution in [2.75, 3.05) is 12.8 Å². The number of carbonyl (C=O) groups is 1. The van der Waals surface area contributed by atoms with E-state index in [1.54, 1.807) is 18.2 Å². The first-order valence-corrected chi connectivity index (χ1v) is 6.24. The van der Waals surface area contributed by atoms with E-state index in [0.717, 1.165) is 5.56 Å². The molecule has 2 aromatic carbocycles. The monoisotopic (exact) mass is 271 g/mol. The van der Waals surface area contributed by atoms with Crippen molar-refractivity contribution in [1.29, 1.82) is 0 Å². The Labute approximate surface area is 118 Å². The van der Waals surface area contributed by atoms with Gasteiger partial charge in [0.2, 0.25) is 0 Å². The van der Waals surface area contributed by atoms with Gasteiger partial charge >= 0.3 is 5.97 Å². The molecule has 0 amide bonds. The van der Waals surface area contributed by atoms with Crippen molar-refractivity contribution in [3.05, 3.63) is 53.1 Å². The molecule has 0 bridgehead atoms. The average molecular weight is 271 g/mol. The number of carbonyl (C=O) groups excluding carboxylic acids is 1. The van der Waals surface area contributed by atoms with Crippen molar-refractivity contribution in [3.63, 3.8) is 0 Å². The van der Waals surface area contributed by atoms with E-state index in [2.05, 4.69) is 0 Å². The summed E-state index contributed by atoms with van der Waals surface area (Å²) in [5, 5.41) is 0. The van der Waals surface area contributed by atoms with Crippen LogP contribution in [0.1, 0.15) is 21.5 Å². The fourth-order valence-corrected chi connectivity index (χ4v) is 1.81. The summed E-state index contributed by atoms with van der Waals surface area (Å²) in [6, 6.07) is 10.6. The zero-order valence-electron chi connectivity index (χ0n) is 11.8. The molecule has 20 heavy (non-hydrogen) atoms. The molecule has 0 aromatic heterocycles. The van der Waals surface area contributed by atoms with Crippen molar-refractivity contribution >= 4 is 11.7 Å². The number of hydrogen-bond acceptors (Lipinski definition) is 4. The van der Waals surface area contributed by atoms with Crippen LogP contribution in [0.15, 0.2) is 36.4 Å². The van der Waals surface area contributed by atoms with Crippen LogP contribution in [0.4, 0.5) is 5.69 Å². The molecule has 104 valence electrons. The van der Waals surface area contributed by atoms with Gasteiger partial charge in [-0.15, -0.1) is 0 Å². The normalized spacial score (nSPS) is 10.2. The first-order chi connectivity index (χ1) is 9.51. The van der Waals surface area contributed by atoms with E-state index in [4.69, 9.17) is 15.2 Å². The third-order valence-corrected chi connectivity index (χ3v) is 3.12. The maximum atomic E-state index is 11.7. The number of methoxy groups -OCH3 is 1. The molecule has 2 rings (SSSR count). The molecule has 2 N–H and O–H groups in total. The maximum absolute atomic E-state index is 11.7. The number of ether oxygens (including phenoxy) is 2. The van der Waals surface area contributed by atoms with Gasteiger partial charge in [0.05, 0.1) is 7.11 Å². The Hall–Kier alpha value is -2.49. The molecular weight excluding hydrogens is 254 g/mol. The molecule has 0 saturated heterocycles.